The van der Waals surface area contributed by atoms with E-state index < -0.39 is 16.2 Å². The van der Waals surface area contributed by atoms with E-state index in [1.54, 1.807) is 19.1 Å². The van der Waals surface area contributed by atoms with Crippen LogP contribution >= 0.6 is 0 Å². The molecular weight excluding hydrogens is 180 g/mol. The fourth-order valence-corrected chi connectivity index (χ4v) is 1.45. The normalized spacial score (nSPS) is 14.5. The fourth-order valence-electron chi connectivity index (χ4n) is 0.832. The minimum atomic E-state index is -3.41. The van der Waals surface area contributed by atoms with Crippen molar-refractivity contribution in [3.8, 4) is 0 Å². The van der Waals surface area contributed by atoms with Gasteiger partial charge in [-0.15, -0.1) is 0 Å². The molecule has 1 aromatic rings. The summed E-state index contributed by atoms with van der Waals surface area (Å²) < 4.78 is 31.0. The molecule has 0 fully saturated rings. The second-order valence-corrected chi connectivity index (χ2v) is 4.06. The smallest absolute Gasteiger partial charge is 0.265 e. The van der Waals surface area contributed by atoms with Crippen molar-refractivity contribution < 1.29 is 17.0 Å². The first-order valence-electron chi connectivity index (χ1n) is 3.41. The van der Waals surface area contributed by atoms with Gasteiger partial charge in [-0.1, -0.05) is 0 Å². The zero-order chi connectivity index (χ0) is 9.19. The highest BCUT2D eigenvalue weighted by molar-refractivity contribution is 7.86. The van der Waals surface area contributed by atoms with Gasteiger partial charge in [0.2, 0.25) is 0 Å². The summed E-state index contributed by atoms with van der Waals surface area (Å²) in [6.45, 7) is 1.61. The van der Waals surface area contributed by atoms with Crippen LogP contribution in [-0.2, 0) is 14.3 Å². The Bertz CT molecular complexity index is 324. The van der Waals surface area contributed by atoms with Gasteiger partial charge < -0.3 is 4.42 Å². The van der Waals surface area contributed by atoms with Gasteiger partial charge >= 0.3 is 0 Å². The Balaban J connectivity index is 2.68. The third-order valence-electron chi connectivity index (χ3n) is 1.26. The highest BCUT2D eigenvalue weighted by Gasteiger charge is 2.14. The maximum absolute atomic E-state index is 10.7. The minimum Gasteiger partial charge on any atom is -0.467 e. The molecule has 0 aromatic carbocycles. The third kappa shape index (κ3) is 2.67. The Morgan fingerprint density at radius 1 is 1.58 bits per heavy atom. The summed E-state index contributed by atoms with van der Waals surface area (Å²) in [5, 5.41) is 0. The molecule has 0 radical (unpaired) electrons. The molecule has 5 heteroatoms. The summed E-state index contributed by atoms with van der Waals surface area (Å²) in [5.41, 5.74) is 0. The molecule has 68 valence electrons. The standard InChI is InChI=1S/C7H10O4S/c1-6(11-12(2,8)9)7-4-3-5-10-7/h3-6H,1-2H3. The Morgan fingerprint density at radius 2 is 2.25 bits per heavy atom. The Morgan fingerprint density at radius 3 is 2.67 bits per heavy atom. The van der Waals surface area contributed by atoms with Crippen LogP contribution in [0.2, 0.25) is 0 Å². The van der Waals surface area contributed by atoms with Gasteiger partial charge in [-0.3, -0.25) is 4.18 Å². The van der Waals surface area contributed by atoms with Gasteiger partial charge in [-0.05, 0) is 19.1 Å². The van der Waals surface area contributed by atoms with Crippen LogP contribution in [0.4, 0.5) is 0 Å². The molecule has 0 aliphatic rings. The molecule has 0 N–H and O–H groups in total. The molecule has 1 heterocycles. The van der Waals surface area contributed by atoms with Gasteiger partial charge in [-0.2, -0.15) is 8.42 Å². The summed E-state index contributed by atoms with van der Waals surface area (Å²) in [6.07, 6.45) is 1.92. The van der Waals surface area contributed by atoms with E-state index in [1.165, 1.54) is 6.26 Å². The molecule has 0 bridgehead atoms. The van der Waals surface area contributed by atoms with Gasteiger partial charge in [0.1, 0.15) is 11.9 Å². The van der Waals surface area contributed by atoms with Crippen molar-refractivity contribution in [1.29, 1.82) is 0 Å². The summed E-state index contributed by atoms with van der Waals surface area (Å²) >= 11 is 0. The quantitative estimate of drug-likeness (QED) is 0.674. The lowest BCUT2D eigenvalue weighted by Gasteiger charge is -2.06. The summed E-state index contributed by atoms with van der Waals surface area (Å²) in [7, 11) is -3.41. The van der Waals surface area contributed by atoms with Crippen LogP contribution in [-0.4, -0.2) is 14.7 Å². The van der Waals surface area contributed by atoms with Crippen molar-refractivity contribution in [1.82, 2.24) is 0 Å². The van der Waals surface area contributed by atoms with E-state index in [2.05, 4.69) is 4.18 Å². The Hall–Kier alpha value is -0.810. The van der Waals surface area contributed by atoms with Gasteiger partial charge in [0, 0.05) is 0 Å². The number of furan rings is 1. The molecule has 0 saturated heterocycles. The summed E-state index contributed by atoms with van der Waals surface area (Å²) in [6, 6.07) is 3.34. The van der Waals surface area contributed by atoms with Crippen LogP contribution in [0.3, 0.4) is 0 Å². The third-order valence-corrected chi connectivity index (χ3v) is 1.90. The van der Waals surface area contributed by atoms with Crippen LogP contribution in [0.1, 0.15) is 18.8 Å². The lowest BCUT2D eigenvalue weighted by Crippen LogP contribution is -2.06. The Labute approximate surface area is 71.3 Å². The molecule has 12 heavy (non-hydrogen) atoms. The predicted molar refractivity (Wildman–Crippen MR) is 43.1 cm³/mol. The summed E-state index contributed by atoms with van der Waals surface area (Å²) in [4.78, 5) is 0. The van der Waals surface area contributed by atoms with Gasteiger partial charge in [0.15, 0.2) is 0 Å². The van der Waals surface area contributed by atoms with Crippen molar-refractivity contribution in [3.05, 3.63) is 24.2 Å². The molecule has 0 aliphatic heterocycles. The molecule has 1 aromatic heterocycles. The monoisotopic (exact) mass is 190 g/mol. The zero-order valence-corrected chi connectivity index (χ0v) is 7.67. The number of hydrogen-bond donors (Lipinski definition) is 0. The van der Waals surface area contributed by atoms with Crippen molar-refractivity contribution in [3.63, 3.8) is 0 Å². The molecule has 0 amide bonds. The number of hydrogen-bond acceptors (Lipinski definition) is 4. The molecular formula is C7H10O4S. The maximum atomic E-state index is 10.7. The molecule has 0 aliphatic carbocycles. The Kier molecular flexibility index (Phi) is 2.54. The highest BCUT2D eigenvalue weighted by Crippen LogP contribution is 2.18. The zero-order valence-electron chi connectivity index (χ0n) is 6.85. The molecule has 1 rings (SSSR count). The van der Waals surface area contributed by atoms with Crippen LogP contribution in [0.15, 0.2) is 22.8 Å². The van der Waals surface area contributed by atoms with Crippen molar-refractivity contribution in [2.45, 2.75) is 13.0 Å². The van der Waals surface area contributed by atoms with Crippen LogP contribution in [0, 0.1) is 0 Å². The van der Waals surface area contributed by atoms with Crippen molar-refractivity contribution in [2.75, 3.05) is 6.26 Å². The largest absolute Gasteiger partial charge is 0.467 e. The van der Waals surface area contributed by atoms with Gasteiger partial charge in [0.25, 0.3) is 10.1 Å². The molecule has 0 saturated carbocycles. The molecule has 0 spiro atoms. The molecule has 1 atom stereocenters. The molecule has 1 unspecified atom stereocenters. The second-order valence-electron chi connectivity index (χ2n) is 2.46. The average molecular weight is 190 g/mol. The lowest BCUT2D eigenvalue weighted by atomic mass is 10.3. The van der Waals surface area contributed by atoms with E-state index in [0.29, 0.717) is 5.76 Å². The van der Waals surface area contributed by atoms with Crippen molar-refractivity contribution >= 4 is 10.1 Å². The SMILES string of the molecule is CC(OS(C)(=O)=O)c1ccco1. The first-order chi connectivity index (χ1) is 5.49. The molecule has 4 nitrogen and oxygen atoms in total. The maximum Gasteiger partial charge on any atom is 0.265 e. The van der Waals surface area contributed by atoms with Crippen LogP contribution < -0.4 is 0 Å². The van der Waals surface area contributed by atoms with Crippen molar-refractivity contribution in [2.24, 2.45) is 0 Å². The van der Waals surface area contributed by atoms with E-state index in [9.17, 15) is 8.42 Å². The lowest BCUT2D eigenvalue weighted by molar-refractivity contribution is 0.205. The predicted octanol–water partition coefficient (Wildman–Crippen LogP) is 1.32. The van der Waals surface area contributed by atoms with E-state index in [4.69, 9.17) is 4.42 Å². The minimum absolute atomic E-state index is 0.500. The topological polar surface area (TPSA) is 56.5 Å². The first kappa shape index (κ1) is 9.28. The van der Waals surface area contributed by atoms with Crippen LogP contribution in [0.25, 0.3) is 0 Å². The number of rotatable bonds is 3. The fraction of sp³-hybridized carbons (Fsp3) is 0.429. The first-order valence-corrected chi connectivity index (χ1v) is 5.22. The average Bonchev–Trinajstić information content (AvgIpc) is 2.32. The van der Waals surface area contributed by atoms with Gasteiger partial charge in [0.05, 0.1) is 12.5 Å². The van der Waals surface area contributed by atoms with Gasteiger partial charge in [-0.25, -0.2) is 0 Å². The van der Waals surface area contributed by atoms with E-state index in [1.807, 2.05) is 0 Å². The van der Waals surface area contributed by atoms with E-state index in [-0.39, 0.29) is 0 Å². The van der Waals surface area contributed by atoms with Crippen LogP contribution in [0.5, 0.6) is 0 Å². The second kappa shape index (κ2) is 3.28. The summed E-state index contributed by atoms with van der Waals surface area (Å²) in [5.74, 6) is 0.500. The van der Waals surface area contributed by atoms with E-state index in [0.717, 1.165) is 6.26 Å². The highest BCUT2D eigenvalue weighted by atomic mass is 32.2. The van der Waals surface area contributed by atoms with E-state index >= 15 is 0 Å².